The van der Waals surface area contributed by atoms with Crippen molar-refractivity contribution in [1.82, 2.24) is 5.32 Å². The van der Waals surface area contributed by atoms with E-state index >= 15 is 0 Å². The first-order chi connectivity index (χ1) is 5.33. The van der Waals surface area contributed by atoms with Crippen LogP contribution in [0.5, 0.6) is 0 Å². The molecule has 0 unspecified atom stereocenters. The van der Waals surface area contributed by atoms with Gasteiger partial charge in [-0.1, -0.05) is 12.5 Å². The first-order valence-electron chi connectivity index (χ1n) is 4.08. The molecule has 1 rings (SSSR count). The fourth-order valence-corrected chi connectivity index (χ4v) is 1.15. The molecule has 0 bridgehead atoms. The molecule has 0 amide bonds. The van der Waals surface area contributed by atoms with Crippen LogP contribution in [0.4, 0.5) is 4.39 Å². The molecule has 0 fully saturated rings. The van der Waals surface area contributed by atoms with E-state index in [0.29, 0.717) is 0 Å². The molecule has 0 saturated heterocycles. The predicted molar refractivity (Wildman–Crippen MR) is 45.1 cm³/mol. The Balaban J connectivity index is 2.39. The van der Waals surface area contributed by atoms with E-state index in [1.165, 1.54) is 5.57 Å². The van der Waals surface area contributed by atoms with Crippen molar-refractivity contribution in [2.24, 2.45) is 0 Å². The van der Waals surface area contributed by atoms with Gasteiger partial charge >= 0.3 is 0 Å². The van der Waals surface area contributed by atoms with Gasteiger partial charge in [0, 0.05) is 6.54 Å². The Morgan fingerprint density at radius 2 is 2.45 bits per heavy atom. The molecule has 0 aromatic carbocycles. The van der Waals surface area contributed by atoms with Crippen LogP contribution in [0.3, 0.4) is 0 Å². The average molecular weight is 155 g/mol. The second-order valence-electron chi connectivity index (χ2n) is 2.71. The van der Waals surface area contributed by atoms with Crippen molar-refractivity contribution in [3.8, 4) is 0 Å². The van der Waals surface area contributed by atoms with Gasteiger partial charge < -0.3 is 5.32 Å². The normalized spacial score (nSPS) is 17.6. The Bertz CT molecular complexity index is 182. The summed E-state index contributed by atoms with van der Waals surface area (Å²) in [4.78, 5) is 0. The van der Waals surface area contributed by atoms with Crippen LogP contribution < -0.4 is 5.32 Å². The minimum absolute atomic E-state index is 0.0795. The zero-order valence-corrected chi connectivity index (χ0v) is 6.86. The summed E-state index contributed by atoms with van der Waals surface area (Å²) in [6.45, 7) is 3.83. The van der Waals surface area contributed by atoms with Crippen LogP contribution in [0.25, 0.3) is 0 Å². The molecule has 0 aromatic rings. The molecule has 0 aliphatic heterocycles. The Morgan fingerprint density at radius 1 is 1.64 bits per heavy atom. The third-order valence-corrected chi connectivity index (χ3v) is 1.75. The Morgan fingerprint density at radius 3 is 3.09 bits per heavy atom. The highest BCUT2D eigenvalue weighted by molar-refractivity contribution is 5.23. The maximum Gasteiger partial charge on any atom is 0.119 e. The van der Waals surface area contributed by atoms with E-state index in [1.54, 1.807) is 12.2 Å². The molecule has 11 heavy (non-hydrogen) atoms. The molecule has 0 heterocycles. The Hall–Kier alpha value is -0.630. The van der Waals surface area contributed by atoms with Crippen molar-refractivity contribution < 1.29 is 4.39 Å². The number of nitrogens with one attached hydrogen (secondary N) is 1. The Labute approximate surface area is 67.0 Å². The molecule has 1 aliphatic rings. The second kappa shape index (κ2) is 4.29. The number of hydrogen-bond acceptors (Lipinski definition) is 1. The topological polar surface area (TPSA) is 12.0 Å². The van der Waals surface area contributed by atoms with E-state index < -0.39 is 0 Å². The van der Waals surface area contributed by atoms with Gasteiger partial charge in [-0.05, 0) is 31.5 Å². The van der Waals surface area contributed by atoms with E-state index in [0.717, 1.165) is 25.9 Å². The highest BCUT2D eigenvalue weighted by atomic mass is 19.1. The van der Waals surface area contributed by atoms with Gasteiger partial charge in [-0.15, -0.1) is 0 Å². The lowest BCUT2D eigenvalue weighted by atomic mass is 10.0. The van der Waals surface area contributed by atoms with Crippen molar-refractivity contribution in [2.75, 3.05) is 13.1 Å². The lowest BCUT2D eigenvalue weighted by Gasteiger charge is -2.09. The summed E-state index contributed by atoms with van der Waals surface area (Å²) in [5.74, 6) is -0.0795. The summed E-state index contributed by atoms with van der Waals surface area (Å²) in [5.41, 5.74) is 1.17. The second-order valence-corrected chi connectivity index (χ2v) is 2.71. The molecule has 1 N–H and O–H groups in total. The molecular weight excluding hydrogens is 141 g/mol. The highest BCUT2D eigenvalue weighted by Crippen LogP contribution is 2.16. The Kier molecular flexibility index (Phi) is 3.30. The lowest BCUT2D eigenvalue weighted by molar-refractivity contribution is 0.639. The van der Waals surface area contributed by atoms with Crippen LogP contribution in [0.1, 0.15) is 19.8 Å². The fourth-order valence-electron chi connectivity index (χ4n) is 1.15. The van der Waals surface area contributed by atoms with Gasteiger partial charge in [0.05, 0.1) is 0 Å². The number of rotatable bonds is 3. The summed E-state index contributed by atoms with van der Waals surface area (Å²) in [6.07, 6.45) is 5.12. The maximum atomic E-state index is 12.6. The van der Waals surface area contributed by atoms with Crippen LogP contribution in [0.2, 0.25) is 0 Å². The van der Waals surface area contributed by atoms with Gasteiger partial charge in [-0.2, -0.15) is 0 Å². The summed E-state index contributed by atoms with van der Waals surface area (Å²) < 4.78 is 12.6. The van der Waals surface area contributed by atoms with E-state index in [4.69, 9.17) is 0 Å². The van der Waals surface area contributed by atoms with Crippen LogP contribution >= 0.6 is 0 Å². The van der Waals surface area contributed by atoms with E-state index in [9.17, 15) is 4.39 Å². The first-order valence-corrected chi connectivity index (χ1v) is 4.08. The molecule has 0 aromatic heterocycles. The van der Waals surface area contributed by atoms with Crippen molar-refractivity contribution in [3.63, 3.8) is 0 Å². The minimum atomic E-state index is -0.0795. The molecule has 2 heteroatoms. The fraction of sp³-hybridized carbons (Fsp3) is 0.556. The summed E-state index contributed by atoms with van der Waals surface area (Å²) in [5, 5.41) is 3.18. The van der Waals surface area contributed by atoms with Crippen molar-refractivity contribution in [1.29, 1.82) is 0 Å². The van der Waals surface area contributed by atoms with Gasteiger partial charge in [0.15, 0.2) is 0 Å². The summed E-state index contributed by atoms with van der Waals surface area (Å²) in [7, 11) is 0. The molecule has 0 atom stereocenters. The molecule has 0 radical (unpaired) electrons. The summed E-state index contributed by atoms with van der Waals surface area (Å²) in [6, 6.07) is 0. The minimum Gasteiger partial charge on any atom is -0.313 e. The standard InChI is InChI=1S/C9H14FN/c1-2-11-7-8-4-3-5-9(10)6-8/h5-6,11H,2-4,7H2,1H3. The monoisotopic (exact) mass is 155 g/mol. The summed E-state index contributed by atoms with van der Waals surface area (Å²) >= 11 is 0. The maximum absolute atomic E-state index is 12.6. The van der Waals surface area contributed by atoms with Gasteiger partial charge in [0.25, 0.3) is 0 Å². The SMILES string of the molecule is CCNCC1=CC(F)=CCC1. The zero-order chi connectivity index (χ0) is 8.10. The number of hydrogen-bond donors (Lipinski definition) is 1. The van der Waals surface area contributed by atoms with E-state index in [-0.39, 0.29) is 5.83 Å². The molecule has 0 spiro atoms. The third-order valence-electron chi connectivity index (χ3n) is 1.75. The van der Waals surface area contributed by atoms with E-state index in [1.807, 2.05) is 0 Å². The molecule has 1 aliphatic carbocycles. The smallest absolute Gasteiger partial charge is 0.119 e. The van der Waals surface area contributed by atoms with Gasteiger partial charge in [0.2, 0.25) is 0 Å². The molecule has 0 saturated carbocycles. The largest absolute Gasteiger partial charge is 0.313 e. The van der Waals surface area contributed by atoms with Crippen LogP contribution in [0.15, 0.2) is 23.6 Å². The van der Waals surface area contributed by atoms with Crippen molar-refractivity contribution >= 4 is 0 Å². The van der Waals surface area contributed by atoms with Crippen LogP contribution in [-0.2, 0) is 0 Å². The third kappa shape index (κ3) is 2.85. The van der Waals surface area contributed by atoms with E-state index in [2.05, 4.69) is 12.2 Å². The molecule has 62 valence electrons. The van der Waals surface area contributed by atoms with Gasteiger partial charge in [-0.25, -0.2) is 4.39 Å². The van der Waals surface area contributed by atoms with Gasteiger partial charge in [0.1, 0.15) is 5.83 Å². The quantitative estimate of drug-likeness (QED) is 0.658. The number of halogens is 1. The highest BCUT2D eigenvalue weighted by Gasteiger charge is 2.03. The van der Waals surface area contributed by atoms with Crippen LogP contribution in [-0.4, -0.2) is 13.1 Å². The predicted octanol–water partition coefficient (Wildman–Crippen LogP) is 2.17. The van der Waals surface area contributed by atoms with Crippen molar-refractivity contribution in [2.45, 2.75) is 19.8 Å². The van der Waals surface area contributed by atoms with Crippen molar-refractivity contribution in [3.05, 3.63) is 23.6 Å². The number of allylic oxidation sites excluding steroid dienone is 3. The van der Waals surface area contributed by atoms with Gasteiger partial charge in [-0.3, -0.25) is 0 Å². The molecular formula is C9H14FN. The lowest BCUT2D eigenvalue weighted by Crippen LogP contribution is -2.16. The number of likely N-dealkylation sites (N-methyl/N-ethyl adjacent to an activating group) is 1. The first kappa shape index (κ1) is 8.47. The molecule has 1 nitrogen and oxygen atoms in total. The van der Waals surface area contributed by atoms with Crippen LogP contribution in [0, 0.1) is 0 Å². The zero-order valence-electron chi connectivity index (χ0n) is 6.86. The average Bonchev–Trinajstić information content (AvgIpc) is 2.01.